The van der Waals surface area contributed by atoms with Crippen LogP contribution in [0.4, 0.5) is 4.79 Å². The van der Waals surface area contributed by atoms with Crippen molar-refractivity contribution in [3.05, 3.63) is 64.3 Å². The van der Waals surface area contributed by atoms with E-state index in [2.05, 4.69) is 10.4 Å². The molecule has 0 unspecified atom stereocenters. The number of aliphatic hydroxyl groups excluding tert-OH is 1. The smallest absolute Gasteiger partial charge is 0.342 e. The summed E-state index contributed by atoms with van der Waals surface area (Å²) in [6.07, 6.45) is 2.47. The van der Waals surface area contributed by atoms with Gasteiger partial charge in [-0.05, 0) is 42.7 Å². The molecule has 2 amide bonds. The fourth-order valence-corrected chi connectivity index (χ4v) is 3.22. The predicted molar refractivity (Wildman–Crippen MR) is 112 cm³/mol. The van der Waals surface area contributed by atoms with Crippen molar-refractivity contribution in [1.82, 2.24) is 10.3 Å². The number of allylic oxidation sites excluding steroid dienone is 1. The van der Waals surface area contributed by atoms with Gasteiger partial charge in [0, 0.05) is 30.5 Å². The molecule has 0 saturated heterocycles. The Morgan fingerprint density at radius 3 is 2.38 bits per heavy atom. The quantitative estimate of drug-likeness (QED) is 0.815. The van der Waals surface area contributed by atoms with Crippen LogP contribution < -0.4 is 14.8 Å². The van der Waals surface area contributed by atoms with Crippen LogP contribution in [0, 0.1) is 0 Å². The Kier molecular flexibility index (Phi) is 6.19. The minimum Gasteiger partial charge on any atom is -0.493 e. The van der Waals surface area contributed by atoms with E-state index in [-0.39, 0.29) is 12.6 Å². The number of hydrogen-bond donors (Lipinski definition) is 2. The summed E-state index contributed by atoms with van der Waals surface area (Å²) in [5, 5.41) is 17.8. The highest BCUT2D eigenvalue weighted by Gasteiger charge is 2.23. The van der Waals surface area contributed by atoms with E-state index in [0.717, 1.165) is 22.3 Å². The molecule has 0 bridgehead atoms. The Bertz CT molecular complexity index is 965. The van der Waals surface area contributed by atoms with E-state index < -0.39 is 0 Å². The fraction of sp³-hybridized carbons (Fsp3) is 0.273. The molecule has 0 fully saturated rings. The maximum Gasteiger partial charge on any atom is 0.342 e. The van der Waals surface area contributed by atoms with E-state index in [1.54, 1.807) is 21.3 Å². The number of urea groups is 1. The average molecular weight is 395 g/mol. The van der Waals surface area contributed by atoms with Crippen LogP contribution >= 0.6 is 0 Å². The number of nitrogens with one attached hydrogen (secondary N) is 1. The zero-order valence-electron chi connectivity index (χ0n) is 17.0. The molecule has 3 rings (SSSR count). The van der Waals surface area contributed by atoms with Crippen molar-refractivity contribution < 1.29 is 19.4 Å². The summed E-state index contributed by atoms with van der Waals surface area (Å²) in [6, 6.07) is 11.2. The summed E-state index contributed by atoms with van der Waals surface area (Å²) in [5.41, 5.74) is 4.86. The lowest BCUT2D eigenvalue weighted by Crippen LogP contribution is -2.33. The number of hydrogen-bond acceptors (Lipinski definition) is 5. The highest BCUT2D eigenvalue weighted by Crippen LogP contribution is 2.35. The normalized spacial score (nSPS) is 13.1. The molecule has 2 aromatic rings. The Balaban J connectivity index is 2.22. The van der Waals surface area contributed by atoms with Crippen molar-refractivity contribution in [1.29, 1.82) is 0 Å². The van der Waals surface area contributed by atoms with Crippen molar-refractivity contribution in [2.75, 3.05) is 27.9 Å². The third-order valence-corrected chi connectivity index (χ3v) is 4.74. The van der Waals surface area contributed by atoms with E-state index in [1.165, 1.54) is 5.01 Å². The number of hydrazone groups is 1. The second kappa shape index (κ2) is 8.79. The first-order valence-corrected chi connectivity index (χ1v) is 9.27. The minimum absolute atomic E-state index is 0.0910. The number of carbonyl (C=O) groups excluding carboxylic acids is 1. The van der Waals surface area contributed by atoms with Gasteiger partial charge in [-0.25, -0.2) is 4.79 Å². The third-order valence-electron chi connectivity index (χ3n) is 4.74. The lowest BCUT2D eigenvalue weighted by molar-refractivity contribution is 0.215. The molecule has 1 aliphatic heterocycles. The first-order chi connectivity index (χ1) is 14.0. The van der Waals surface area contributed by atoms with Crippen molar-refractivity contribution in [3.8, 4) is 11.5 Å². The van der Waals surface area contributed by atoms with Gasteiger partial charge in [0.2, 0.25) is 0 Å². The van der Waals surface area contributed by atoms with E-state index in [1.807, 2.05) is 49.4 Å². The van der Waals surface area contributed by atoms with Crippen molar-refractivity contribution in [3.63, 3.8) is 0 Å². The molecule has 0 aromatic heterocycles. The monoisotopic (exact) mass is 395 g/mol. The Labute approximate surface area is 170 Å². The fourth-order valence-electron chi connectivity index (χ4n) is 3.22. The highest BCUT2D eigenvalue weighted by molar-refractivity contribution is 6.16. The van der Waals surface area contributed by atoms with E-state index in [0.29, 0.717) is 29.3 Å². The van der Waals surface area contributed by atoms with Gasteiger partial charge in [-0.1, -0.05) is 24.3 Å². The molecule has 2 aromatic carbocycles. The average Bonchev–Trinajstić information content (AvgIpc) is 2.88. The lowest BCUT2D eigenvalue weighted by atomic mass is 9.95. The summed E-state index contributed by atoms with van der Waals surface area (Å²) >= 11 is 0. The number of amides is 2. The van der Waals surface area contributed by atoms with E-state index in [9.17, 15) is 4.79 Å². The second-order valence-electron chi connectivity index (χ2n) is 6.57. The van der Waals surface area contributed by atoms with Crippen molar-refractivity contribution in [2.24, 2.45) is 5.10 Å². The van der Waals surface area contributed by atoms with Crippen LogP contribution in [-0.4, -0.2) is 49.7 Å². The number of carbonyl (C=O) groups is 1. The third kappa shape index (κ3) is 4.09. The molecule has 2 N–H and O–H groups in total. The number of rotatable bonds is 5. The summed E-state index contributed by atoms with van der Waals surface area (Å²) in [6.45, 7) is 1.92. The molecule has 0 radical (unpaired) electrons. The molecule has 7 heteroatoms. The SMILES string of the molecule is CNC(=O)N1N=C(c2ccc(CCO)cc2)c2cc(OC)c(OC)cc2C=C1C. The molecule has 0 spiro atoms. The zero-order valence-corrected chi connectivity index (χ0v) is 17.0. The molecule has 1 aliphatic rings. The molecule has 0 saturated carbocycles. The number of methoxy groups -OCH3 is 2. The summed E-state index contributed by atoms with van der Waals surface area (Å²) in [7, 11) is 4.74. The van der Waals surface area contributed by atoms with E-state index in [4.69, 9.17) is 14.6 Å². The molecule has 7 nitrogen and oxygen atoms in total. The molecule has 29 heavy (non-hydrogen) atoms. The Morgan fingerprint density at radius 2 is 1.79 bits per heavy atom. The molecular formula is C22H25N3O4. The maximum absolute atomic E-state index is 12.4. The molecule has 152 valence electrons. The summed E-state index contributed by atoms with van der Waals surface area (Å²) < 4.78 is 10.9. The van der Waals surface area contributed by atoms with Gasteiger partial charge in [-0.15, -0.1) is 0 Å². The van der Waals surface area contributed by atoms with Gasteiger partial charge in [0.25, 0.3) is 0 Å². The minimum atomic E-state index is -0.333. The molecule has 0 aliphatic carbocycles. The van der Waals surface area contributed by atoms with Crippen LogP contribution in [0.3, 0.4) is 0 Å². The van der Waals surface area contributed by atoms with Gasteiger partial charge in [-0.3, -0.25) is 0 Å². The maximum atomic E-state index is 12.4. The standard InChI is InChI=1S/C22H25N3O4/c1-14-11-17-12-19(28-3)20(29-4)13-18(17)21(24-25(14)22(27)23-2)16-7-5-15(6-8-16)9-10-26/h5-8,11-13,26H,9-10H2,1-4H3,(H,23,27). The van der Waals surface area contributed by atoms with Crippen molar-refractivity contribution >= 4 is 17.8 Å². The van der Waals surface area contributed by atoms with E-state index >= 15 is 0 Å². The van der Waals surface area contributed by atoms with Crippen LogP contribution in [0.2, 0.25) is 0 Å². The van der Waals surface area contributed by atoms with Crippen LogP contribution in [0.5, 0.6) is 11.5 Å². The van der Waals surface area contributed by atoms with Crippen molar-refractivity contribution in [2.45, 2.75) is 13.3 Å². The molecular weight excluding hydrogens is 370 g/mol. The molecule has 0 atom stereocenters. The molecule has 1 heterocycles. The van der Waals surface area contributed by atoms with Gasteiger partial charge in [0.15, 0.2) is 11.5 Å². The summed E-state index contributed by atoms with van der Waals surface area (Å²) in [5.74, 6) is 1.18. The Hall–Kier alpha value is -3.32. The van der Waals surface area contributed by atoms with Gasteiger partial charge < -0.3 is 19.9 Å². The number of aliphatic hydroxyl groups is 1. The number of nitrogens with zero attached hydrogens (tertiary/aromatic N) is 2. The van der Waals surface area contributed by atoms with Crippen LogP contribution in [0.1, 0.15) is 29.2 Å². The van der Waals surface area contributed by atoms with Crippen LogP contribution in [-0.2, 0) is 6.42 Å². The van der Waals surface area contributed by atoms with Gasteiger partial charge >= 0.3 is 6.03 Å². The number of ether oxygens (including phenoxy) is 2. The van der Waals surface area contributed by atoms with Crippen LogP contribution in [0.15, 0.2) is 47.2 Å². The Morgan fingerprint density at radius 1 is 1.14 bits per heavy atom. The van der Waals surface area contributed by atoms with Crippen LogP contribution in [0.25, 0.3) is 6.08 Å². The van der Waals surface area contributed by atoms with Gasteiger partial charge in [-0.2, -0.15) is 10.1 Å². The number of fused-ring (bicyclic) bond motifs is 1. The predicted octanol–water partition coefficient (Wildman–Crippen LogP) is 3.01. The highest BCUT2D eigenvalue weighted by atomic mass is 16.5. The first kappa shape index (κ1) is 20.4. The summed E-state index contributed by atoms with van der Waals surface area (Å²) in [4.78, 5) is 12.4. The largest absolute Gasteiger partial charge is 0.493 e. The second-order valence-corrected chi connectivity index (χ2v) is 6.57. The zero-order chi connectivity index (χ0) is 21.0. The topological polar surface area (TPSA) is 83.4 Å². The van der Waals surface area contributed by atoms with Gasteiger partial charge in [0.05, 0.1) is 19.9 Å². The first-order valence-electron chi connectivity index (χ1n) is 9.27. The lowest BCUT2D eigenvalue weighted by Gasteiger charge is -2.17. The number of benzene rings is 2. The van der Waals surface area contributed by atoms with Gasteiger partial charge in [0.1, 0.15) is 0 Å².